The fourth-order valence-corrected chi connectivity index (χ4v) is 2.69. The van der Waals surface area contributed by atoms with Crippen molar-refractivity contribution in [3.63, 3.8) is 0 Å². The maximum absolute atomic E-state index is 12.8. The van der Waals surface area contributed by atoms with Gasteiger partial charge in [-0.1, -0.05) is 29.8 Å². The Balaban J connectivity index is 2.01. The summed E-state index contributed by atoms with van der Waals surface area (Å²) >= 11 is 1.28. The average molecular weight is 325 g/mol. The summed E-state index contributed by atoms with van der Waals surface area (Å²) in [7, 11) is 0. The van der Waals surface area contributed by atoms with Crippen LogP contribution in [0.25, 0.3) is 0 Å². The summed E-state index contributed by atoms with van der Waals surface area (Å²) in [5.74, 6) is -0.418. The topological polar surface area (TPSA) is 29.1 Å². The molecule has 0 saturated carbocycles. The second-order valence-corrected chi connectivity index (χ2v) is 5.75. The van der Waals surface area contributed by atoms with E-state index in [4.69, 9.17) is 0 Å². The molecule has 2 aromatic carbocycles. The molecule has 0 saturated heterocycles. The molecule has 0 radical (unpaired) electrons. The number of benzene rings is 2. The zero-order valence-corrected chi connectivity index (χ0v) is 12.6. The lowest BCUT2D eigenvalue weighted by Crippen LogP contribution is -2.18. The summed E-state index contributed by atoms with van der Waals surface area (Å²) in [6.07, 6.45) is -4.49. The van der Waals surface area contributed by atoms with Crippen LogP contribution >= 0.6 is 11.8 Å². The van der Waals surface area contributed by atoms with Crippen LogP contribution in [0.1, 0.15) is 11.1 Å². The fourth-order valence-electron chi connectivity index (χ4n) is 1.88. The van der Waals surface area contributed by atoms with Crippen molar-refractivity contribution in [3.05, 3.63) is 59.7 Å². The molecule has 0 aliphatic heterocycles. The van der Waals surface area contributed by atoms with Crippen molar-refractivity contribution in [2.24, 2.45) is 0 Å². The van der Waals surface area contributed by atoms with Crippen molar-refractivity contribution in [2.45, 2.75) is 18.0 Å². The van der Waals surface area contributed by atoms with Crippen LogP contribution in [-0.4, -0.2) is 11.7 Å². The normalized spacial score (nSPS) is 11.3. The number of carbonyl (C=O) groups excluding carboxylic acids is 1. The summed E-state index contributed by atoms with van der Waals surface area (Å²) in [5.41, 5.74) is 0.00146. The molecule has 0 aliphatic rings. The van der Waals surface area contributed by atoms with Crippen LogP contribution in [0.4, 0.5) is 18.9 Å². The minimum Gasteiger partial charge on any atom is -0.325 e. The van der Waals surface area contributed by atoms with Crippen LogP contribution in [0.15, 0.2) is 53.4 Å². The molecule has 0 atom stereocenters. The summed E-state index contributed by atoms with van der Waals surface area (Å²) in [4.78, 5) is 12.8. The van der Waals surface area contributed by atoms with Crippen molar-refractivity contribution < 1.29 is 18.0 Å². The van der Waals surface area contributed by atoms with E-state index in [1.54, 1.807) is 0 Å². The number of alkyl halides is 3. The van der Waals surface area contributed by atoms with Crippen LogP contribution in [0.5, 0.6) is 0 Å². The lowest BCUT2D eigenvalue weighted by molar-refractivity contribution is -0.137. The molecule has 6 heteroatoms. The smallest absolute Gasteiger partial charge is 0.325 e. The Bertz CT molecular complexity index is 670. The van der Waals surface area contributed by atoms with Gasteiger partial charge in [0, 0.05) is 4.90 Å². The van der Waals surface area contributed by atoms with Gasteiger partial charge in [0.2, 0.25) is 5.91 Å². The van der Waals surface area contributed by atoms with Gasteiger partial charge in [0.25, 0.3) is 0 Å². The minimum atomic E-state index is -4.49. The van der Waals surface area contributed by atoms with Gasteiger partial charge in [0.15, 0.2) is 0 Å². The van der Waals surface area contributed by atoms with E-state index in [-0.39, 0.29) is 11.4 Å². The Hall–Kier alpha value is -1.95. The van der Waals surface area contributed by atoms with Gasteiger partial charge in [-0.2, -0.15) is 13.2 Å². The Morgan fingerprint density at radius 3 is 2.55 bits per heavy atom. The molecule has 1 amide bonds. The lowest BCUT2D eigenvalue weighted by atomic mass is 10.1. The number of para-hydroxylation sites is 1. The van der Waals surface area contributed by atoms with Crippen molar-refractivity contribution in [3.8, 4) is 0 Å². The highest BCUT2D eigenvalue weighted by Crippen LogP contribution is 2.34. The Morgan fingerprint density at radius 1 is 1.14 bits per heavy atom. The first-order valence-electron chi connectivity index (χ1n) is 6.52. The first-order chi connectivity index (χ1) is 10.4. The largest absolute Gasteiger partial charge is 0.418 e. The molecule has 0 spiro atoms. The standard InChI is InChI=1S/C16H14F3NOS/c1-11-5-4-6-12(9-11)22-10-15(21)20-14-8-3-2-7-13(14)16(17,18)19/h2-9H,10H2,1H3,(H,20,21). The van der Waals surface area contributed by atoms with Gasteiger partial charge < -0.3 is 5.32 Å². The number of carbonyl (C=O) groups is 1. The van der Waals surface area contributed by atoms with E-state index in [1.807, 2.05) is 31.2 Å². The molecule has 0 bridgehead atoms. The number of thioether (sulfide) groups is 1. The first kappa shape index (κ1) is 16.4. The Kier molecular flexibility index (Phi) is 5.13. The van der Waals surface area contributed by atoms with Crippen molar-refractivity contribution in [1.29, 1.82) is 0 Å². The number of hydrogen-bond donors (Lipinski definition) is 1. The molecule has 2 nitrogen and oxygen atoms in total. The molecule has 0 fully saturated rings. The van der Waals surface area contributed by atoms with Gasteiger partial charge in [0.05, 0.1) is 17.0 Å². The molecule has 0 heterocycles. The highest BCUT2D eigenvalue weighted by Gasteiger charge is 2.33. The predicted molar refractivity (Wildman–Crippen MR) is 82.0 cm³/mol. The number of halogens is 3. The van der Waals surface area contributed by atoms with Crippen LogP contribution in [0.2, 0.25) is 0 Å². The number of anilines is 1. The lowest BCUT2D eigenvalue weighted by Gasteiger charge is -2.13. The summed E-state index contributed by atoms with van der Waals surface area (Å²) in [5, 5.41) is 2.32. The van der Waals surface area contributed by atoms with Crippen LogP contribution in [0.3, 0.4) is 0 Å². The average Bonchev–Trinajstić information content (AvgIpc) is 2.45. The van der Waals surface area contributed by atoms with E-state index in [1.165, 1.54) is 30.0 Å². The number of aryl methyl sites for hydroxylation is 1. The third-order valence-corrected chi connectivity index (χ3v) is 3.86. The zero-order valence-electron chi connectivity index (χ0n) is 11.8. The maximum Gasteiger partial charge on any atom is 0.418 e. The van der Waals surface area contributed by atoms with Gasteiger partial charge in [-0.05, 0) is 31.2 Å². The van der Waals surface area contributed by atoms with Gasteiger partial charge in [0.1, 0.15) is 0 Å². The molecule has 2 aromatic rings. The summed E-state index contributed by atoms with van der Waals surface area (Å²) in [6, 6.07) is 12.5. The third kappa shape index (κ3) is 4.53. The van der Waals surface area contributed by atoms with E-state index in [9.17, 15) is 18.0 Å². The molecule has 1 N–H and O–H groups in total. The number of nitrogens with one attached hydrogen (secondary N) is 1. The monoisotopic (exact) mass is 325 g/mol. The minimum absolute atomic E-state index is 0.0512. The molecule has 22 heavy (non-hydrogen) atoms. The third-order valence-electron chi connectivity index (χ3n) is 2.87. The molecule has 0 unspecified atom stereocenters. The highest BCUT2D eigenvalue weighted by atomic mass is 32.2. The number of rotatable bonds is 4. The van der Waals surface area contributed by atoms with E-state index in [2.05, 4.69) is 5.32 Å². The maximum atomic E-state index is 12.8. The van der Waals surface area contributed by atoms with Gasteiger partial charge in [-0.3, -0.25) is 4.79 Å². The number of hydrogen-bond acceptors (Lipinski definition) is 2. The fraction of sp³-hybridized carbons (Fsp3) is 0.188. The highest BCUT2D eigenvalue weighted by molar-refractivity contribution is 8.00. The summed E-state index contributed by atoms with van der Waals surface area (Å²) in [6.45, 7) is 1.93. The molecule has 0 aromatic heterocycles. The second kappa shape index (κ2) is 6.87. The quantitative estimate of drug-likeness (QED) is 0.822. The predicted octanol–water partition coefficient (Wildman–Crippen LogP) is 4.74. The van der Waals surface area contributed by atoms with Crippen molar-refractivity contribution in [2.75, 3.05) is 11.1 Å². The van der Waals surface area contributed by atoms with Crippen molar-refractivity contribution >= 4 is 23.4 Å². The molecular weight excluding hydrogens is 311 g/mol. The first-order valence-corrected chi connectivity index (χ1v) is 7.50. The van der Waals surface area contributed by atoms with Crippen molar-refractivity contribution in [1.82, 2.24) is 0 Å². The van der Waals surface area contributed by atoms with Gasteiger partial charge >= 0.3 is 6.18 Å². The van der Waals surface area contributed by atoms with E-state index in [0.717, 1.165) is 16.5 Å². The Labute approximate surface area is 130 Å². The van der Waals surface area contributed by atoms with E-state index < -0.39 is 17.6 Å². The molecule has 116 valence electrons. The Morgan fingerprint density at radius 2 is 1.86 bits per heavy atom. The van der Waals surface area contributed by atoms with Crippen LogP contribution in [0, 0.1) is 6.92 Å². The zero-order chi connectivity index (χ0) is 16.2. The van der Waals surface area contributed by atoms with E-state index in [0.29, 0.717) is 0 Å². The van der Waals surface area contributed by atoms with Gasteiger partial charge in [-0.25, -0.2) is 0 Å². The molecule has 2 rings (SSSR count). The summed E-state index contributed by atoms with van der Waals surface area (Å²) < 4.78 is 38.5. The van der Waals surface area contributed by atoms with Crippen LogP contribution < -0.4 is 5.32 Å². The van der Waals surface area contributed by atoms with E-state index >= 15 is 0 Å². The SMILES string of the molecule is Cc1cccc(SCC(=O)Nc2ccccc2C(F)(F)F)c1. The number of amides is 1. The molecule has 0 aliphatic carbocycles. The molecular formula is C16H14F3NOS. The second-order valence-electron chi connectivity index (χ2n) is 4.70. The van der Waals surface area contributed by atoms with Crippen LogP contribution in [-0.2, 0) is 11.0 Å². The van der Waals surface area contributed by atoms with Gasteiger partial charge in [-0.15, -0.1) is 11.8 Å².